The summed E-state index contributed by atoms with van der Waals surface area (Å²) in [6.45, 7) is 0.933. The Bertz CT molecular complexity index is 445. The van der Waals surface area contributed by atoms with Gasteiger partial charge in [-0.3, -0.25) is 0 Å². The smallest absolute Gasteiger partial charge is 0.0946 e. The first-order valence-electron chi connectivity index (χ1n) is 5.58. The van der Waals surface area contributed by atoms with Gasteiger partial charge in [0.1, 0.15) is 0 Å². The lowest BCUT2D eigenvalue weighted by atomic mass is 10.1. The van der Waals surface area contributed by atoms with Crippen LogP contribution < -0.4 is 5.32 Å². The van der Waals surface area contributed by atoms with Crippen LogP contribution in [-0.4, -0.2) is 21.3 Å². The zero-order valence-electron chi connectivity index (χ0n) is 9.47. The van der Waals surface area contributed by atoms with Gasteiger partial charge in [-0.1, -0.05) is 16.6 Å². The molecule has 2 N–H and O–H groups in total. The van der Waals surface area contributed by atoms with E-state index >= 15 is 0 Å². The van der Waals surface area contributed by atoms with E-state index in [0.717, 1.165) is 24.2 Å². The number of aromatic nitrogens is 2. The lowest BCUT2D eigenvalue weighted by molar-refractivity contribution is 0.288. The fourth-order valence-electron chi connectivity index (χ4n) is 1.57. The van der Waals surface area contributed by atoms with Gasteiger partial charge in [0.25, 0.3) is 0 Å². The molecule has 1 heterocycles. The average Bonchev–Trinajstić information content (AvgIpc) is 2.87. The number of benzene rings is 1. The molecule has 90 valence electrons. The molecule has 4 nitrogen and oxygen atoms in total. The number of nitrogens with one attached hydrogen (secondary N) is 1. The van der Waals surface area contributed by atoms with Crippen molar-refractivity contribution in [2.45, 2.75) is 19.4 Å². The van der Waals surface area contributed by atoms with E-state index in [0.29, 0.717) is 6.54 Å². The van der Waals surface area contributed by atoms with Crippen molar-refractivity contribution in [3.8, 4) is 0 Å². The molecule has 0 saturated heterocycles. The van der Waals surface area contributed by atoms with Crippen molar-refractivity contribution in [2.75, 3.05) is 11.9 Å². The van der Waals surface area contributed by atoms with Crippen LogP contribution >= 0.6 is 11.5 Å². The lowest BCUT2D eigenvalue weighted by Crippen LogP contribution is -2.00. The number of aryl methyl sites for hydroxylation is 1. The van der Waals surface area contributed by atoms with E-state index < -0.39 is 0 Å². The van der Waals surface area contributed by atoms with Crippen molar-refractivity contribution < 1.29 is 5.11 Å². The van der Waals surface area contributed by atoms with Gasteiger partial charge in [0, 0.05) is 17.7 Å². The van der Waals surface area contributed by atoms with Gasteiger partial charge in [0.05, 0.1) is 12.2 Å². The normalized spacial score (nSPS) is 10.4. The van der Waals surface area contributed by atoms with Crippen molar-refractivity contribution in [3.05, 3.63) is 40.9 Å². The predicted molar refractivity (Wildman–Crippen MR) is 69.1 cm³/mol. The van der Waals surface area contributed by atoms with Crippen molar-refractivity contribution in [1.29, 1.82) is 0 Å². The zero-order chi connectivity index (χ0) is 11.9. The Morgan fingerprint density at radius 3 is 3.06 bits per heavy atom. The first-order valence-corrected chi connectivity index (χ1v) is 6.42. The van der Waals surface area contributed by atoms with Crippen molar-refractivity contribution in [3.63, 3.8) is 0 Å². The molecule has 17 heavy (non-hydrogen) atoms. The van der Waals surface area contributed by atoms with E-state index in [1.54, 1.807) is 0 Å². The summed E-state index contributed by atoms with van der Waals surface area (Å²) in [4.78, 5) is 0. The minimum absolute atomic E-state index is 0.238. The summed E-state index contributed by atoms with van der Waals surface area (Å²) < 4.78 is 3.82. The number of nitrogens with zero attached hydrogens (tertiary/aromatic N) is 2. The van der Waals surface area contributed by atoms with Crippen LogP contribution in [0.15, 0.2) is 29.6 Å². The zero-order valence-corrected chi connectivity index (χ0v) is 10.3. The summed E-state index contributed by atoms with van der Waals surface area (Å²) in [5, 5.41) is 18.0. The molecule has 1 aromatic heterocycles. The maximum Gasteiger partial charge on any atom is 0.0946 e. The summed E-state index contributed by atoms with van der Waals surface area (Å²) in [5.74, 6) is 0. The van der Waals surface area contributed by atoms with Gasteiger partial charge in [-0.15, -0.1) is 5.10 Å². The molecule has 0 amide bonds. The molecular weight excluding hydrogens is 234 g/mol. The molecule has 1 aromatic carbocycles. The number of rotatable bonds is 6. The number of hydrogen-bond donors (Lipinski definition) is 2. The molecule has 0 aliphatic rings. The SMILES string of the molecule is OCCCc1cccc(NCc2csnn2)c1. The summed E-state index contributed by atoms with van der Waals surface area (Å²) in [5.41, 5.74) is 3.27. The monoisotopic (exact) mass is 249 g/mol. The second kappa shape index (κ2) is 6.32. The summed E-state index contributed by atoms with van der Waals surface area (Å²) >= 11 is 1.36. The molecule has 5 heteroatoms. The highest BCUT2D eigenvalue weighted by atomic mass is 32.1. The Labute approximate surface area is 104 Å². The van der Waals surface area contributed by atoms with Gasteiger partial charge in [-0.25, -0.2) is 0 Å². The second-order valence-electron chi connectivity index (χ2n) is 3.78. The van der Waals surface area contributed by atoms with E-state index in [4.69, 9.17) is 5.11 Å². The largest absolute Gasteiger partial charge is 0.396 e. The van der Waals surface area contributed by atoms with E-state index in [1.165, 1.54) is 17.1 Å². The van der Waals surface area contributed by atoms with E-state index in [1.807, 2.05) is 17.5 Å². The Hall–Kier alpha value is -1.46. The maximum atomic E-state index is 8.80. The molecule has 0 saturated carbocycles. The van der Waals surface area contributed by atoms with E-state index in [-0.39, 0.29) is 6.61 Å². The molecule has 0 aliphatic heterocycles. The Morgan fingerprint density at radius 1 is 1.35 bits per heavy atom. The molecule has 0 bridgehead atoms. The number of anilines is 1. The van der Waals surface area contributed by atoms with Crippen LogP contribution in [0.3, 0.4) is 0 Å². The van der Waals surface area contributed by atoms with Gasteiger partial charge in [0.2, 0.25) is 0 Å². The Kier molecular flexibility index (Phi) is 4.46. The summed E-state index contributed by atoms with van der Waals surface area (Å²) in [7, 11) is 0. The maximum absolute atomic E-state index is 8.80. The highest BCUT2D eigenvalue weighted by Crippen LogP contribution is 2.13. The number of hydrogen-bond acceptors (Lipinski definition) is 5. The van der Waals surface area contributed by atoms with Crippen LogP contribution in [0.4, 0.5) is 5.69 Å². The summed E-state index contributed by atoms with van der Waals surface area (Å²) in [6.07, 6.45) is 1.71. The van der Waals surface area contributed by atoms with Crippen LogP contribution in [-0.2, 0) is 13.0 Å². The molecule has 2 aromatic rings. The number of aliphatic hydroxyl groups excluding tert-OH is 1. The first kappa shape index (κ1) is 12.0. The third-order valence-electron chi connectivity index (χ3n) is 2.43. The van der Waals surface area contributed by atoms with Crippen LogP contribution in [0.2, 0.25) is 0 Å². The topological polar surface area (TPSA) is 58.0 Å². The molecule has 0 unspecified atom stereocenters. The van der Waals surface area contributed by atoms with Crippen LogP contribution in [0.1, 0.15) is 17.7 Å². The first-order chi connectivity index (χ1) is 8.38. The highest BCUT2D eigenvalue weighted by Gasteiger charge is 1.98. The number of aliphatic hydroxyl groups is 1. The van der Waals surface area contributed by atoms with Gasteiger partial charge >= 0.3 is 0 Å². The fraction of sp³-hybridized carbons (Fsp3) is 0.333. The minimum atomic E-state index is 0.238. The molecule has 0 fully saturated rings. The van der Waals surface area contributed by atoms with Crippen molar-refractivity contribution in [1.82, 2.24) is 9.59 Å². The van der Waals surface area contributed by atoms with E-state index in [2.05, 4.69) is 27.0 Å². The van der Waals surface area contributed by atoms with Gasteiger partial charge in [-0.05, 0) is 42.1 Å². The highest BCUT2D eigenvalue weighted by molar-refractivity contribution is 7.03. The third kappa shape index (κ3) is 3.80. The van der Waals surface area contributed by atoms with Crippen LogP contribution in [0.5, 0.6) is 0 Å². The summed E-state index contributed by atoms with van der Waals surface area (Å²) in [6, 6.07) is 8.23. The van der Waals surface area contributed by atoms with Gasteiger partial charge in [-0.2, -0.15) is 0 Å². The van der Waals surface area contributed by atoms with Gasteiger partial charge in [0.15, 0.2) is 0 Å². The third-order valence-corrected chi connectivity index (χ3v) is 2.98. The Morgan fingerprint density at radius 2 is 2.29 bits per heavy atom. The molecule has 0 spiro atoms. The average molecular weight is 249 g/mol. The molecule has 0 atom stereocenters. The quantitative estimate of drug-likeness (QED) is 0.823. The predicted octanol–water partition coefficient (Wildman–Crippen LogP) is 2.08. The standard InChI is InChI=1S/C12H15N3OS/c16-6-2-4-10-3-1-5-11(7-10)13-8-12-9-17-15-14-12/h1,3,5,7,9,13,16H,2,4,6,8H2. The fourth-order valence-corrected chi connectivity index (χ4v) is 2.02. The van der Waals surface area contributed by atoms with Crippen molar-refractivity contribution in [2.24, 2.45) is 0 Å². The van der Waals surface area contributed by atoms with Crippen LogP contribution in [0.25, 0.3) is 0 Å². The van der Waals surface area contributed by atoms with Crippen molar-refractivity contribution >= 4 is 17.2 Å². The van der Waals surface area contributed by atoms with E-state index in [9.17, 15) is 0 Å². The lowest BCUT2D eigenvalue weighted by Gasteiger charge is -2.06. The van der Waals surface area contributed by atoms with Gasteiger partial charge < -0.3 is 10.4 Å². The molecule has 0 radical (unpaired) electrons. The molecular formula is C12H15N3OS. The minimum Gasteiger partial charge on any atom is -0.396 e. The second-order valence-corrected chi connectivity index (χ2v) is 4.39. The molecule has 0 aliphatic carbocycles. The molecule has 2 rings (SSSR count). The van der Waals surface area contributed by atoms with Crippen LogP contribution in [0, 0.1) is 0 Å². The Balaban J connectivity index is 1.91.